The van der Waals surface area contributed by atoms with Crippen molar-refractivity contribution in [2.75, 3.05) is 6.61 Å². The average molecular weight is 409 g/mol. The number of halogens is 2. The van der Waals surface area contributed by atoms with Crippen molar-refractivity contribution < 1.29 is 14.3 Å². The number of esters is 1. The lowest BCUT2D eigenvalue weighted by Gasteiger charge is -2.27. The van der Waals surface area contributed by atoms with Crippen LogP contribution in [0.2, 0.25) is 10.0 Å². The first-order valence-corrected chi connectivity index (χ1v) is 9.39. The summed E-state index contributed by atoms with van der Waals surface area (Å²) in [6.45, 7) is 7.92. The summed E-state index contributed by atoms with van der Waals surface area (Å²) in [5.74, 6) is -0.674. The molecule has 0 saturated heterocycles. The Morgan fingerprint density at radius 3 is 2.41 bits per heavy atom. The first-order chi connectivity index (χ1) is 12.7. The van der Waals surface area contributed by atoms with Crippen LogP contribution < -0.4 is 0 Å². The summed E-state index contributed by atoms with van der Waals surface area (Å²) in [6.07, 6.45) is 0. The molecule has 0 spiro atoms. The molecule has 0 unspecified atom stereocenters. The number of aryl methyl sites for hydroxylation is 1. The van der Waals surface area contributed by atoms with Gasteiger partial charge < -0.3 is 9.64 Å². The molecule has 1 amide bonds. The molecule has 0 aliphatic rings. The van der Waals surface area contributed by atoms with Crippen molar-refractivity contribution in [1.82, 2.24) is 9.88 Å². The molecule has 0 N–H and O–H groups in total. The normalized spacial score (nSPS) is 10.8. The summed E-state index contributed by atoms with van der Waals surface area (Å²) in [4.78, 5) is 30.9. The summed E-state index contributed by atoms with van der Waals surface area (Å²) in [6, 6.07) is 8.35. The second-order valence-electron chi connectivity index (χ2n) is 6.33. The summed E-state index contributed by atoms with van der Waals surface area (Å²) in [7, 11) is 0. The zero-order chi connectivity index (χ0) is 20.1. The maximum atomic E-state index is 13.0. The molecule has 27 heavy (non-hydrogen) atoms. The highest BCUT2D eigenvalue weighted by molar-refractivity contribution is 6.42. The largest absolute Gasteiger partial charge is 0.462 e. The Kier molecular flexibility index (Phi) is 7.22. The van der Waals surface area contributed by atoms with E-state index in [0.717, 1.165) is 5.56 Å². The Balaban J connectivity index is 2.27. The van der Waals surface area contributed by atoms with Gasteiger partial charge in [0, 0.05) is 12.6 Å². The van der Waals surface area contributed by atoms with Gasteiger partial charge in [-0.05, 0) is 57.5 Å². The molecule has 2 aromatic rings. The van der Waals surface area contributed by atoms with Gasteiger partial charge in [0.1, 0.15) is 5.69 Å². The molecular formula is C20H22Cl2N2O3. The molecule has 1 heterocycles. The quantitative estimate of drug-likeness (QED) is 0.636. The van der Waals surface area contributed by atoms with Gasteiger partial charge in [-0.2, -0.15) is 0 Å². The first kappa shape index (κ1) is 21.2. The SMILES string of the molecule is CCOC(=O)c1ccc(C(=O)N(Cc2ccc(Cl)c(Cl)c2)C(C)C)nc1C. The lowest BCUT2D eigenvalue weighted by atomic mass is 10.1. The van der Waals surface area contributed by atoms with E-state index in [0.29, 0.717) is 27.8 Å². The van der Waals surface area contributed by atoms with E-state index in [1.54, 1.807) is 43.0 Å². The second-order valence-corrected chi connectivity index (χ2v) is 7.14. The fourth-order valence-corrected chi connectivity index (χ4v) is 2.90. The van der Waals surface area contributed by atoms with Crippen LogP contribution in [0.15, 0.2) is 30.3 Å². The second kappa shape index (κ2) is 9.20. The smallest absolute Gasteiger partial charge is 0.339 e. The van der Waals surface area contributed by atoms with Crippen molar-refractivity contribution in [3.05, 3.63) is 62.9 Å². The molecule has 5 nitrogen and oxygen atoms in total. The highest BCUT2D eigenvalue weighted by Crippen LogP contribution is 2.24. The third kappa shape index (κ3) is 5.21. The van der Waals surface area contributed by atoms with E-state index in [9.17, 15) is 9.59 Å². The standard InChI is InChI=1S/C20H22Cl2N2O3/c1-5-27-20(26)15-7-9-18(23-13(15)4)19(25)24(12(2)3)11-14-6-8-16(21)17(22)10-14/h6-10,12H,5,11H2,1-4H3. The van der Waals surface area contributed by atoms with Gasteiger partial charge in [-0.25, -0.2) is 9.78 Å². The summed E-state index contributed by atoms with van der Waals surface area (Å²) >= 11 is 12.0. The van der Waals surface area contributed by atoms with Gasteiger partial charge in [0.15, 0.2) is 0 Å². The Morgan fingerprint density at radius 1 is 1.15 bits per heavy atom. The molecule has 0 radical (unpaired) electrons. The number of rotatable bonds is 6. The molecule has 0 bridgehead atoms. The van der Waals surface area contributed by atoms with Gasteiger partial charge in [-0.3, -0.25) is 4.79 Å². The third-order valence-corrected chi connectivity index (χ3v) is 4.76. The van der Waals surface area contributed by atoms with Gasteiger partial charge in [0.25, 0.3) is 5.91 Å². The molecule has 1 aromatic carbocycles. The number of aromatic nitrogens is 1. The van der Waals surface area contributed by atoms with Crippen LogP contribution in [0.5, 0.6) is 0 Å². The van der Waals surface area contributed by atoms with Gasteiger partial charge >= 0.3 is 5.97 Å². The lowest BCUT2D eigenvalue weighted by Crippen LogP contribution is -2.37. The van der Waals surface area contributed by atoms with E-state index >= 15 is 0 Å². The molecule has 0 aliphatic carbocycles. The molecule has 0 atom stereocenters. The molecule has 1 aromatic heterocycles. The first-order valence-electron chi connectivity index (χ1n) is 8.64. The number of hydrogen-bond donors (Lipinski definition) is 0. The Labute approximate surface area is 169 Å². The van der Waals surface area contributed by atoms with Gasteiger partial charge in [-0.1, -0.05) is 29.3 Å². The third-order valence-electron chi connectivity index (χ3n) is 4.02. The van der Waals surface area contributed by atoms with Crippen LogP contribution in [0.4, 0.5) is 0 Å². The molecule has 0 saturated carbocycles. The lowest BCUT2D eigenvalue weighted by molar-refractivity contribution is 0.0523. The van der Waals surface area contributed by atoms with Crippen LogP contribution in [-0.2, 0) is 11.3 Å². The fraction of sp³-hybridized carbons (Fsp3) is 0.350. The predicted octanol–water partition coefficient (Wildman–Crippen LogP) is 4.92. The zero-order valence-corrected chi connectivity index (χ0v) is 17.3. The van der Waals surface area contributed by atoms with E-state index < -0.39 is 5.97 Å². The van der Waals surface area contributed by atoms with Crippen molar-refractivity contribution in [3.63, 3.8) is 0 Å². The number of pyridine rings is 1. The predicted molar refractivity (Wildman–Crippen MR) is 106 cm³/mol. The monoisotopic (exact) mass is 408 g/mol. The van der Waals surface area contributed by atoms with Crippen molar-refractivity contribution in [3.8, 4) is 0 Å². The topological polar surface area (TPSA) is 59.5 Å². The van der Waals surface area contributed by atoms with Crippen molar-refractivity contribution in [2.24, 2.45) is 0 Å². The van der Waals surface area contributed by atoms with Gasteiger partial charge in [0.05, 0.1) is 27.9 Å². The number of amides is 1. The zero-order valence-electron chi connectivity index (χ0n) is 15.8. The molecule has 0 aliphatic heterocycles. The van der Waals surface area contributed by atoms with Crippen molar-refractivity contribution >= 4 is 35.1 Å². The van der Waals surface area contributed by atoms with E-state index in [2.05, 4.69) is 4.98 Å². The number of ether oxygens (including phenoxy) is 1. The van der Waals surface area contributed by atoms with Gasteiger partial charge in [-0.15, -0.1) is 0 Å². The van der Waals surface area contributed by atoms with Crippen molar-refractivity contribution in [1.29, 1.82) is 0 Å². The van der Waals surface area contributed by atoms with Crippen LogP contribution in [0, 0.1) is 6.92 Å². The van der Waals surface area contributed by atoms with Crippen LogP contribution in [0.25, 0.3) is 0 Å². The Bertz CT molecular complexity index is 853. The van der Waals surface area contributed by atoms with Gasteiger partial charge in [0.2, 0.25) is 0 Å². The van der Waals surface area contributed by atoms with E-state index in [1.165, 1.54) is 0 Å². The number of carbonyl (C=O) groups excluding carboxylic acids is 2. The van der Waals surface area contributed by atoms with Crippen molar-refractivity contribution in [2.45, 2.75) is 40.3 Å². The minimum absolute atomic E-state index is 0.0567. The summed E-state index contributed by atoms with van der Waals surface area (Å²) in [5, 5.41) is 0.910. The molecule has 0 fully saturated rings. The Morgan fingerprint density at radius 2 is 1.85 bits per heavy atom. The van der Waals surface area contributed by atoms with Crippen LogP contribution in [-0.4, -0.2) is 34.4 Å². The molecule has 144 valence electrons. The minimum atomic E-state index is -0.446. The number of benzene rings is 1. The maximum absolute atomic E-state index is 13.0. The Hall–Kier alpha value is -2.11. The average Bonchev–Trinajstić information content (AvgIpc) is 2.61. The van der Waals surface area contributed by atoms with E-state index in [1.807, 2.05) is 19.9 Å². The van der Waals surface area contributed by atoms with Crippen LogP contribution >= 0.6 is 23.2 Å². The number of hydrogen-bond acceptors (Lipinski definition) is 4. The molecule has 7 heteroatoms. The maximum Gasteiger partial charge on any atom is 0.339 e. The van der Waals surface area contributed by atoms with E-state index in [4.69, 9.17) is 27.9 Å². The van der Waals surface area contributed by atoms with Crippen LogP contribution in [0.1, 0.15) is 52.9 Å². The fourth-order valence-electron chi connectivity index (χ4n) is 2.58. The number of nitrogens with zero attached hydrogens (tertiary/aromatic N) is 2. The number of carbonyl (C=O) groups is 2. The highest BCUT2D eigenvalue weighted by atomic mass is 35.5. The van der Waals surface area contributed by atoms with E-state index in [-0.39, 0.29) is 24.2 Å². The van der Waals surface area contributed by atoms with Crippen LogP contribution in [0.3, 0.4) is 0 Å². The molecule has 2 rings (SSSR count). The summed E-state index contributed by atoms with van der Waals surface area (Å²) < 4.78 is 5.00. The summed E-state index contributed by atoms with van der Waals surface area (Å²) in [5.41, 5.74) is 1.95. The molecular weight excluding hydrogens is 387 g/mol. The minimum Gasteiger partial charge on any atom is -0.462 e. The highest BCUT2D eigenvalue weighted by Gasteiger charge is 2.22.